The summed E-state index contributed by atoms with van der Waals surface area (Å²) in [7, 11) is 0. The smallest absolute Gasteiger partial charge is 0.0514 e. The molecule has 1 aromatic rings. The minimum absolute atomic E-state index is 0.989. The van der Waals surface area contributed by atoms with Gasteiger partial charge in [0, 0.05) is 17.1 Å². The van der Waals surface area contributed by atoms with E-state index >= 15 is 0 Å². The first-order chi connectivity index (χ1) is 4.86. The van der Waals surface area contributed by atoms with Crippen molar-refractivity contribution in [3.63, 3.8) is 0 Å². The Bertz CT molecular complexity index is 291. The highest BCUT2D eigenvalue weighted by Gasteiger charge is 2.04. The summed E-state index contributed by atoms with van der Waals surface area (Å²) in [6, 6.07) is 2.09. The Morgan fingerprint density at radius 3 is 3.30 bits per heavy atom. The minimum Gasteiger partial charge on any atom is -0.259 e. The zero-order valence-corrected chi connectivity index (χ0v) is 6.93. The number of rotatable bonds is 0. The first-order valence-electron chi connectivity index (χ1n) is 3.17. The van der Waals surface area contributed by atoms with Crippen LogP contribution in [0.2, 0.25) is 0 Å². The lowest BCUT2D eigenvalue weighted by Gasteiger charge is -1.95. The van der Waals surface area contributed by atoms with E-state index in [1.165, 1.54) is 11.3 Å². The molecule has 0 bridgehead atoms. The molecule has 1 heterocycles. The molecule has 0 radical (unpaired) electrons. The highest BCUT2D eigenvalue weighted by atomic mass is 79.9. The van der Waals surface area contributed by atoms with Gasteiger partial charge < -0.3 is 0 Å². The maximum absolute atomic E-state index is 4.25. The first-order valence-corrected chi connectivity index (χ1v) is 3.96. The molecular formula is C8H6BrN. The van der Waals surface area contributed by atoms with Crippen molar-refractivity contribution in [1.82, 2.24) is 4.98 Å². The lowest BCUT2D eigenvalue weighted by molar-refractivity contribution is 1.12. The molecule has 2 rings (SSSR count). The molecule has 1 aromatic heterocycles. The van der Waals surface area contributed by atoms with Gasteiger partial charge >= 0.3 is 0 Å². The van der Waals surface area contributed by atoms with Gasteiger partial charge in [0.25, 0.3) is 0 Å². The predicted octanol–water partition coefficient (Wildman–Crippen LogP) is 2.41. The van der Waals surface area contributed by atoms with E-state index in [9.17, 15) is 0 Å². The average Bonchev–Trinajstić information content (AvgIpc) is 2.33. The van der Waals surface area contributed by atoms with Gasteiger partial charge in [-0.2, -0.15) is 0 Å². The van der Waals surface area contributed by atoms with Crippen LogP contribution < -0.4 is 0 Å². The van der Waals surface area contributed by atoms with Crippen molar-refractivity contribution in [2.45, 2.75) is 6.42 Å². The fourth-order valence-electron chi connectivity index (χ4n) is 1.10. The van der Waals surface area contributed by atoms with Gasteiger partial charge in [0.1, 0.15) is 0 Å². The van der Waals surface area contributed by atoms with Gasteiger partial charge in [-0.3, -0.25) is 4.98 Å². The quantitative estimate of drug-likeness (QED) is 0.620. The largest absolute Gasteiger partial charge is 0.259 e. The summed E-state index contributed by atoms with van der Waals surface area (Å²) in [5.41, 5.74) is 2.43. The summed E-state index contributed by atoms with van der Waals surface area (Å²) in [4.78, 5) is 4.25. The lowest BCUT2D eigenvalue weighted by Crippen LogP contribution is -1.85. The molecule has 10 heavy (non-hydrogen) atoms. The number of hydrogen-bond donors (Lipinski definition) is 0. The second-order valence-electron chi connectivity index (χ2n) is 2.30. The normalized spacial score (nSPS) is 13.7. The predicted molar refractivity (Wildman–Crippen MR) is 44.7 cm³/mol. The van der Waals surface area contributed by atoms with Crippen molar-refractivity contribution in [1.29, 1.82) is 0 Å². The van der Waals surface area contributed by atoms with E-state index in [2.05, 4.69) is 39.1 Å². The van der Waals surface area contributed by atoms with E-state index in [0.29, 0.717) is 0 Å². The maximum atomic E-state index is 4.25. The van der Waals surface area contributed by atoms with Crippen molar-refractivity contribution >= 4 is 22.0 Å². The van der Waals surface area contributed by atoms with E-state index in [4.69, 9.17) is 0 Å². The van der Waals surface area contributed by atoms with E-state index in [1.54, 1.807) is 0 Å². The van der Waals surface area contributed by atoms with Crippen LogP contribution in [0.1, 0.15) is 11.3 Å². The molecule has 1 nitrogen and oxygen atoms in total. The average molecular weight is 196 g/mol. The zero-order valence-electron chi connectivity index (χ0n) is 5.34. The second-order valence-corrected chi connectivity index (χ2v) is 3.21. The van der Waals surface area contributed by atoms with E-state index in [1.807, 2.05) is 6.20 Å². The Balaban J connectivity index is 2.60. The molecule has 0 spiro atoms. The fraction of sp³-hybridized carbons (Fsp3) is 0.125. The van der Waals surface area contributed by atoms with Crippen molar-refractivity contribution in [2.24, 2.45) is 0 Å². The molecule has 0 fully saturated rings. The van der Waals surface area contributed by atoms with Crippen molar-refractivity contribution < 1.29 is 0 Å². The number of hydrogen-bond acceptors (Lipinski definition) is 1. The third-order valence-electron chi connectivity index (χ3n) is 1.58. The van der Waals surface area contributed by atoms with E-state index < -0.39 is 0 Å². The number of fused-ring (bicyclic) bond motifs is 1. The Hall–Kier alpha value is -0.630. The van der Waals surface area contributed by atoms with Crippen LogP contribution in [0, 0.1) is 0 Å². The molecule has 50 valence electrons. The highest BCUT2D eigenvalue weighted by Crippen LogP contribution is 2.20. The number of pyridine rings is 1. The van der Waals surface area contributed by atoms with E-state index in [-0.39, 0.29) is 0 Å². The summed E-state index contributed by atoms with van der Waals surface area (Å²) in [6.45, 7) is 0. The third-order valence-corrected chi connectivity index (χ3v) is 2.01. The summed E-state index contributed by atoms with van der Waals surface area (Å²) < 4.78 is 1.05. The molecule has 0 aromatic carbocycles. The molecule has 0 unspecified atom stereocenters. The monoisotopic (exact) mass is 195 g/mol. The maximum Gasteiger partial charge on any atom is 0.0514 e. The Morgan fingerprint density at radius 2 is 2.40 bits per heavy atom. The van der Waals surface area contributed by atoms with Crippen LogP contribution in [0.3, 0.4) is 0 Å². The molecule has 0 amide bonds. The van der Waals surface area contributed by atoms with Gasteiger partial charge in [0.2, 0.25) is 0 Å². The molecule has 1 aliphatic carbocycles. The molecule has 0 saturated carbocycles. The lowest BCUT2D eigenvalue weighted by atomic mass is 10.2. The molecule has 0 N–H and O–H groups in total. The van der Waals surface area contributed by atoms with Crippen molar-refractivity contribution in [2.75, 3.05) is 0 Å². The molecular weight excluding hydrogens is 190 g/mol. The zero-order chi connectivity index (χ0) is 6.97. The Morgan fingerprint density at radius 1 is 1.50 bits per heavy atom. The molecule has 2 heteroatoms. The molecule has 0 saturated heterocycles. The number of nitrogens with zero attached hydrogens (tertiary/aromatic N) is 1. The minimum atomic E-state index is 0.989. The summed E-state index contributed by atoms with van der Waals surface area (Å²) in [5, 5.41) is 0. The van der Waals surface area contributed by atoms with Crippen LogP contribution >= 0.6 is 15.9 Å². The second kappa shape index (κ2) is 2.20. The van der Waals surface area contributed by atoms with Gasteiger partial charge in [0.05, 0.1) is 5.69 Å². The van der Waals surface area contributed by atoms with Crippen LogP contribution in [0.15, 0.2) is 22.8 Å². The number of allylic oxidation sites excluding steroid dienone is 1. The van der Waals surface area contributed by atoms with Crippen LogP contribution in [0.25, 0.3) is 6.08 Å². The van der Waals surface area contributed by atoms with Gasteiger partial charge in [0.15, 0.2) is 0 Å². The van der Waals surface area contributed by atoms with E-state index in [0.717, 1.165) is 10.9 Å². The van der Waals surface area contributed by atoms with Gasteiger partial charge in [-0.1, -0.05) is 12.2 Å². The van der Waals surface area contributed by atoms with Crippen LogP contribution in [-0.4, -0.2) is 4.98 Å². The number of aromatic nitrogens is 1. The summed E-state index contributed by atoms with van der Waals surface area (Å²) in [6.07, 6.45) is 7.06. The topological polar surface area (TPSA) is 12.9 Å². The standard InChI is InChI=1S/C8H6BrN/c9-7-4-6-2-1-3-8(6)10-5-7/h1-2,4-5H,3H2. The van der Waals surface area contributed by atoms with Gasteiger partial charge in [-0.25, -0.2) is 0 Å². The van der Waals surface area contributed by atoms with Gasteiger partial charge in [-0.05, 0) is 27.6 Å². The van der Waals surface area contributed by atoms with Crippen LogP contribution in [0.5, 0.6) is 0 Å². The summed E-state index contributed by atoms with van der Waals surface area (Å²) in [5.74, 6) is 0. The molecule has 1 aliphatic rings. The highest BCUT2D eigenvalue weighted by molar-refractivity contribution is 9.10. The molecule has 0 aliphatic heterocycles. The van der Waals surface area contributed by atoms with Crippen molar-refractivity contribution in [3.8, 4) is 0 Å². The van der Waals surface area contributed by atoms with Crippen molar-refractivity contribution in [3.05, 3.63) is 34.1 Å². The fourth-order valence-corrected chi connectivity index (χ4v) is 1.44. The SMILES string of the molecule is Brc1cnc2c(c1)C=CC2. The number of halogens is 1. The van der Waals surface area contributed by atoms with Gasteiger partial charge in [-0.15, -0.1) is 0 Å². The Kier molecular flexibility index (Phi) is 1.34. The third kappa shape index (κ3) is 0.886. The Labute approximate surface area is 67.9 Å². The van der Waals surface area contributed by atoms with Crippen LogP contribution in [-0.2, 0) is 6.42 Å². The van der Waals surface area contributed by atoms with Crippen LogP contribution in [0.4, 0.5) is 0 Å². The summed E-state index contributed by atoms with van der Waals surface area (Å²) >= 11 is 3.37. The first kappa shape index (κ1) is 6.10. The molecule has 0 atom stereocenters.